The summed E-state index contributed by atoms with van der Waals surface area (Å²) in [6.07, 6.45) is 0.246. The number of benzene rings is 1. The minimum atomic E-state index is -1.15. The first-order valence-electron chi connectivity index (χ1n) is 7.00. The summed E-state index contributed by atoms with van der Waals surface area (Å²) in [5, 5.41) is 13.6. The fraction of sp³-hybridized carbons (Fsp3) is 0.200. The van der Waals surface area contributed by atoms with E-state index in [4.69, 9.17) is 21.1 Å². The van der Waals surface area contributed by atoms with Gasteiger partial charge in [-0.25, -0.2) is 4.79 Å². The molecule has 0 aliphatic carbocycles. The van der Waals surface area contributed by atoms with Gasteiger partial charge in [-0.15, -0.1) is 0 Å². The van der Waals surface area contributed by atoms with E-state index in [9.17, 15) is 19.7 Å². The Bertz CT molecular complexity index is 819. The van der Waals surface area contributed by atoms with Gasteiger partial charge >= 0.3 is 5.97 Å². The smallest absolute Gasteiger partial charge is 0.355 e. The van der Waals surface area contributed by atoms with Crippen molar-refractivity contribution >= 4 is 34.9 Å². The number of H-pyrrole nitrogens is 1. The van der Waals surface area contributed by atoms with Gasteiger partial charge in [-0.1, -0.05) is 11.6 Å². The van der Waals surface area contributed by atoms with E-state index >= 15 is 0 Å². The van der Waals surface area contributed by atoms with Gasteiger partial charge in [0.1, 0.15) is 11.4 Å². The molecule has 0 aliphatic heterocycles. The summed E-state index contributed by atoms with van der Waals surface area (Å²) in [7, 11) is 1.36. The fourth-order valence-corrected chi connectivity index (χ4v) is 2.07. The zero-order chi connectivity index (χ0) is 18.6. The Kier molecular flexibility index (Phi) is 5.60. The summed E-state index contributed by atoms with van der Waals surface area (Å²) >= 11 is 5.70. The number of nitro benzene ring substituents is 1. The highest BCUT2D eigenvalue weighted by Crippen LogP contribution is 2.29. The van der Waals surface area contributed by atoms with Crippen LogP contribution in [-0.2, 0) is 9.53 Å². The molecule has 0 aliphatic rings. The van der Waals surface area contributed by atoms with Crippen molar-refractivity contribution in [2.75, 3.05) is 12.4 Å². The monoisotopic (exact) mass is 367 g/mol. The number of esters is 1. The molecule has 0 unspecified atom stereocenters. The molecule has 0 radical (unpaired) electrons. The number of anilines is 1. The van der Waals surface area contributed by atoms with Gasteiger partial charge in [0.05, 0.1) is 22.7 Å². The largest absolute Gasteiger partial charge is 0.495 e. The van der Waals surface area contributed by atoms with Crippen LogP contribution in [0.2, 0.25) is 5.02 Å². The molecule has 2 rings (SSSR count). The van der Waals surface area contributed by atoms with Crippen molar-refractivity contribution in [3.8, 4) is 5.75 Å². The Morgan fingerprint density at radius 3 is 2.64 bits per heavy atom. The highest BCUT2D eigenvalue weighted by Gasteiger charge is 2.22. The molecule has 1 atom stereocenters. The second kappa shape index (κ2) is 7.67. The van der Waals surface area contributed by atoms with Gasteiger partial charge in [0, 0.05) is 18.3 Å². The summed E-state index contributed by atoms with van der Waals surface area (Å²) < 4.78 is 10.1. The number of nitrogens with one attached hydrogen (secondary N) is 2. The molecule has 1 aromatic carbocycles. The number of carbonyl (C=O) groups excluding carboxylic acids is 2. The number of non-ortho nitro benzene ring substituents is 1. The van der Waals surface area contributed by atoms with Crippen LogP contribution >= 0.6 is 11.6 Å². The number of ether oxygens (including phenoxy) is 2. The van der Waals surface area contributed by atoms with Gasteiger partial charge in [0.15, 0.2) is 6.10 Å². The van der Waals surface area contributed by atoms with Gasteiger partial charge in [-0.05, 0) is 19.1 Å². The minimum absolute atomic E-state index is 0.0903. The Morgan fingerprint density at radius 1 is 1.36 bits per heavy atom. The summed E-state index contributed by atoms with van der Waals surface area (Å²) in [4.78, 5) is 36.9. The number of hydrogen-bond acceptors (Lipinski definition) is 6. The SMILES string of the molecule is COc1ccc([N+](=O)[O-])cc1NC(=O)[C@H](C)OC(=O)c1cc(Cl)c[nH]1. The van der Waals surface area contributed by atoms with E-state index in [1.165, 1.54) is 38.4 Å². The molecule has 132 valence electrons. The third-order valence-electron chi connectivity index (χ3n) is 3.17. The molecule has 1 aromatic heterocycles. The number of aromatic nitrogens is 1. The summed E-state index contributed by atoms with van der Waals surface area (Å²) in [5.74, 6) is -1.21. The molecule has 0 spiro atoms. The molecule has 2 aromatic rings. The molecule has 0 bridgehead atoms. The minimum Gasteiger partial charge on any atom is -0.495 e. The quantitative estimate of drug-likeness (QED) is 0.459. The van der Waals surface area contributed by atoms with Crippen molar-refractivity contribution < 1.29 is 24.0 Å². The highest BCUT2D eigenvalue weighted by atomic mass is 35.5. The molecule has 9 nitrogen and oxygen atoms in total. The van der Waals surface area contributed by atoms with E-state index in [1.807, 2.05) is 0 Å². The maximum atomic E-state index is 12.2. The van der Waals surface area contributed by atoms with Crippen molar-refractivity contribution in [2.24, 2.45) is 0 Å². The molecule has 0 saturated heterocycles. The average Bonchev–Trinajstić information content (AvgIpc) is 3.01. The summed E-state index contributed by atoms with van der Waals surface area (Å²) in [6, 6.07) is 5.10. The van der Waals surface area contributed by atoms with E-state index in [1.54, 1.807) is 0 Å². The first-order chi connectivity index (χ1) is 11.8. The number of carbonyl (C=O) groups is 2. The van der Waals surface area contributed by atoms with Crippen LogP contribution in [0, 0.1) is 10.1 Å². The molecular weight excluding hydrogens is 354 g/mol. The lowest BCUT2D eigenvalue weighted by molar-refractivity contribution is -0.384. The Balaban J connectivity index is 2.09. The molecule has 1 heterocycles. The van der Waals surface area contributed by atoms with Crippen molar-refractivity contribution in [1.82, 2.24) is 4.98 Å². The fourth-order valence-electron chi connectivity index (χ4n) is 1.90. The van der Waals surface area contributed by atoms with Crippen LogP contribution in [0.5, 0.6) is 5.75 Å². The molecule has 0 saturated carbocycles. The topological polar surface area (TPSA) is 124 Å². The lowest BCUT2D eigenvalue weighted by Crippen LogP contribution is -2.30. The standard InChI is InChI=1S/C15H14ClN3O6/c1-8(25-15(21)12-5-9(16)7-17-12)14(20)18-11-6-10(19(22)23)3-4-13(11)24-2/h3-8,17H,1-2H3,(H,18,20)/t8-/m0/s1. The second-order valence-corrected chi connectivity index (χ2v) is 5.35. The third kappa shape index (κ3) is 4.48. The maximum absolute atomic E-state index is 12.2. The molecular formula is C15H14ClN3O6. The number of aromatic amines is 1. The number of hydrogen-bond donors (Lipinski definition) is 2. The van der Waals surface area contributed by atoms with Crippen LogP contribution in [-0.4, -0.2) is 35.0 Å². The molecule has 0 fully saturated rings. The van der Waals surface area contributed by atoms with Crippen LogP contribution in [0.4, 0.5) is 11.4 Å². The van der Waals surface area contributed by atoms with Gasteiger partial charge < -0.3 is 19.8 Å². The number of methoxy groups -OCH3 is 1. The first-order valence-corrected chi connectivity index (χ1v) is 7.37. The normalized spacial score (nSPS) is 11.5. The summed E-state index contributed by atoms with van der Waals surface area (Å²) in [5.41, 5.74) is -0.0353. The van der Waals surface area contributed by atoms with Crippen molar-refractivity contribution in [2.45, 2.75) is 13.0 Å². The van der Waals surface area contributed by atoms with E-state index in [0.717, 1.165) is 6.07 Å². The van der Waals surface area contributed by atoms with Gasteiger partial charge in [0.2, 0.25) is 0 Å². The average molecular weight is 368 g/mol. The highest BCUT2D eigenvalue weighted by molar-refractivity contribution is 6.30. The lowest BCUT2D eigenvalue weighted by atomic mass is 10.2. The maximum Gasteiger partial charge on any atom is 0.355 e. The van der Waals surface area contributed by atoms with Crippen LogP contribution < -0.4 is 10.1 Å². The zero-order valence-corrected chi connectivity index (χ0v) is 14.0. The Hall–Kier alpha value is -3.07. The Labute approximate surface area is 147 Å². The van der Waals surface area contributed by atoms with Crippen LogP contribution in [0.3, 0.4) is 0 Å². The molecule has 25 heavy (non-hydrogen) atoms. The lowest BCUT2D eigenvalue weighted by Gasteiger charge is -2.14. The van der Waals surface area contributed by atoms with Gasteiger partial charge in [0.25, 0.3) is 11.6 Å². The first kappa shape index (κ1) is 18.3. The van der Waals surface area contributed by atoms with Gasteiger partial charge in [-0.2, -0.15) is 0 Å². The van der Waals surface area contributed by atoms with Crippen LogP contribution in [0.1, 0.15) is 17.4 Å². The van der Waals surface area contributed by atoms with E-state index in [0.29, 0.717) is 5.02 Å². The molecule has 10 heteroatoms. The van der Waals surface area contributed by atoms with Gasteiger partial charge in [-0.3, -0.25) is 14.9 Å². The van der Waals surface area contributed by atoms with Crippen molar-refractivity contribution in [1.29, 1.82) is 0 Å². The second-order valence-electron chi connectivity index (χ2n) is 4.91. The predicted octanol–water partition coefficient (Wildman–Crippen LogP) is 2.77. The third-order valence-corrected chi connectivity index (χ3v) is 3.39. The van der Waals surface area contributed by atoms with Crippen LogP contribution in [0.15, 0.2) is 30.5 Å². The van der Waals surface area contributed by atoms with E-state index in [2.05, 4.69) is 10.3 Å². The van der Waals surface area contributed by atoms with Crippen molar-refractivity contribution in [3.63, 3.8) is 0 Å². The molecule has 1 amide bonds. The number of amides is 1. The number of nitrogens with zero attached hydrogens (tertiary/aromatic N) is 1. The van der Waals surface area contributed by atoms with Crippen LogP contribution in [0.25, 0.3) is 0 Å². The number of rotatable bonds is 6. The van der Waals surface area contributed by atoms with E-state index in [-0.39, 0.29) is 22.8 Å². The van der Waals surface area contributed by atoms with E-state index < -0.39 is 22.9 Å². The summed E-state index contributed by atoms with van der Waals surface area (Å²) in [6.45, 7) is 1.36. The molecule has 2 N–H and O–H groups in total. The number of halogens is 1. The predicted molar refractivity (Wildman–Crippen MR) is 89.0 cm³/mol. The zero-order valence-electron chi connectivity index (χ0n) is 13.2. The van der Waals surface area contributed by atoms with Crippen molar-refractivity contribution in [3.05, 3.63) is 51.3 Å². The Morgan fingerprint density at radius 2 is 2.08 bits per heavy atom. The number of nitro groups is 1.